The van der Waals surface area contributed by atoms with Crippen LogP contribution in [0.5, 0.6) is 0 Å². The third kappa shape index (κ3) is 3.84. The van der Waals surface area contributed by atoms with E-state index in [0.717, 1.165) is 12.8 Å². The predicted molar refractivity (Wildman–Crippen MR) is 75.7 cm³/mol. The molecule has 1 aromatic heterocycles. The third-order valence-corrected chi connectivity index (χ3v) is 4.99. The highest BCUT2D eigenvalue weighted by atomic mass is 32.2. The van der Waals surface area contributed by atoms with Gasteiger partial charge in [0.1, 0.15) is 11.8 Å². The molecular weight excluding hydrogens is 312 g/mol. The molecule has 0 radical (unpaired) electrons. The van der Waals surface area contributed by atoms with Crippen LogP contribution in [-0.4, -0.2) is 44.9 Å². The molecule has 0 bridgehead atoms. The first-order valence-corrected chi connectivity index (χ1v) is 8.52. The topological polar surface area (TPSA) is 108 Å². The number of carbonyl (C=O) groups excluding carboxylic acids is 1. The molecule has 0 unspecified atom stereocenters. The second-order valence-corrected chi connectivity index (χ2v) is 6.85. The fourth-order valence-corrected chi connectivity index (χ4v) is 3.60. The minimum Gasteiger partial charge on any atom is -0.376 e. The number of carbonyl (C=O) groups is 1. The molecule has 2 atom stereocenters. The van der Waals surface area contributed by atoms with Gasteiger partial charge in [-0.05, 0) is 33.6 Å². The van der Waals surface area contributed by atoms with E-state index in [4.69, 9.17) is 14.0 Å². The number of aryl methyl sites for hydroxylation is 2. The monoisotopic (exact) mass is 332 g/mol. The second kappa shape index (κ2) is 6.76. The molecule has 0 saturated carbocycles. The Morgan fingerprint density at radius 1 is 1.50 bits per heavy atom. The van der Waals surface area contributed by atoms with Crippen molar-refractivity contribution in [1.29, 1.82) is 0 Å². The zero-order valence-electron chi connectivity index (χ0n) is 12.8. The second-order valence-electron chi connectivity index (χ2n) is 5.23. The summed E-state index contributed by atoms with van der Waals surface area (Å²) in [5.41, 5.74) is 0.200. The summed E-state index contributed by atoms with van der Waals surface area (Å²) in [5.74, 6) is -0.608. The lowest BCUT2D eigenvalue weighted by atomic mass is 10.2. The van der Waals surface area contributed by atoms with E-state index in [1.165, 1.54) is 20.8 Å². The molecule has 1 amide bonds. The minimum absolute atomic E-state index is 0.0329. The number of hydrogen-bond acceptors (Lipinski definition) is 7. The van der Waals surface area contributed by atoms with Crippen LogP contribution in [0.25, 0.3) is 0 Å². The van der Waals surface area contributed by atoms with Crippen molar-refractivity contribution in [3.05, 3.63) is 11.5 Å². The van der Waals surface area contributed by atoms with E-state index in [2.05, 4.69) is 5.16 Å². The van der Waals surface area contributed by atoms with Gasteiger partial charge in [0.25, 0.3) is 15.9 Å². The highest BCUT2D eigenvalue weighted by Gasteiger charge is 2.28. The summed E-state index contributed by atoms with van der Waals surface area (Å²) in [6.45, 7) is 5.41. The van der Waals surface area contributed by atoms with Crippen LogP contribution >= 0.6 is 0 Å². The number of amides is 1. The van der Waals surface area contributed by atoms with E-state index in [1.807, 2.05) is 4.72 Å². The molecular formula is C13H20N2O6S. The summed E-state index contributed by atoms with van der Waals surface area (Å²) >= 11 is 0. The van der Waals surface area contributed by atoms with Crippen molar-refractivity contribution in [2.45, 2.75) is 50.7 Å². The average molecular weight is 332 g/mol. The van der Waals surface area contributed by atoms with E-state index >= 15 is 0 Å². The van der Waals surface area contributed by atoms with Gasteiger partial charge in [0.15, 0.2) is 10.7 Å². The number of ether oxygens (including phenoxy) is 2. The summed E-state index contributed by atoms with van der Waals surface area (Å²) in [6, 6.07) is 0. The zero-order chi connectivity index (χ0) is 16.3. The fourth-order valence-electron chi connectivity index (χ4n) is 2.23. The van der Waals surface area contributed by atoms with Gasteiger partial charge in [-0.1, -0.05) is 5.16 Å². The molecule has 0 aromatic carbocycles. The molecule has 1 fully saturated rings. The van der Waals surface area contributed by atoms with Gasteiger partial charge in [0, 0.05) is 6.61 Å². The highest BCUT2D eigenvalue weighted by molar-refractivity contribution is 7.90. The van der Waals surface area contributed by atoms with Crippen molar-refractivity contribution in [3.8, 4) is 0 Å². The quantitative estimate of drug-likeness (QED) is 0.816. The van der Waals surface area contributed by atoms with Gasteiger partial charge in [-0.3, -0.25) is 4.79 Å². The molecule has 9 heteroatoms. The molecule has 124 valence electrons. The average Bonchev–Trinajstić information content (AvgIpc) is 3.05. The van der Waals surface area contributed by atoms with Crippen LogP contribution < -0.4 is 4.72 Å². The summed E-state index contributed by atoms with van der Waals surface area (Å²) in [7, 11) is -4.03. The third-order valence-electron chi connectivity index (χ3n) is 3.40. The van der Waals surface area contributed by atoms with Crippen molar-refractivity contribution in [2.75, 3.05) is 13.2 Å². The first kappa shape index (κ1) is 16.9. The van der Waals surface area contributed by atoms with Crippen LogP contribution in [0.2, 0.25) is 0 Å². The Morgan fingerprint density at radius 3 is 2.77 bits per heavy atom. The first-order chi connectivity index (χ1) is 10.3. The molecule has 2 rings (SSSR count). The summed E-state index contributed by atoms with van der Waals surface area (Å²) in [4.78, 5) is 11.9. The van der Waals surface area contributed by atoms with Crippen LogP contribution in [-0.2, 0) is 24.3 Å². The number of nitrogens with one attached hydrogen (secondary N) is 1. The lowest BCUT2D eigenvalue weighted by Gasteiger charge is -2.16. The molecule has 1 aliphatic heterocycles. The van der Waals surface area contributed by atoms with Crippen LogP contribution in [0, 0.1) is 13.8 Å². The van der Waals surface area contributed by atoms with Crippen molar-refractivity contribution >= 4 is 15.9 Å². The van der Waals surface area contributed by atoms with Gasteiger partial charge in [0.05, 0.1) is 12.7 Å². The normalized spacial score (nSPS) is 20.0. The van der Waals surface area contributed by atoms with Crippen molar-refractivity contribution < 1.29 is 27.2 Å². The maximum atomic E-state index is 12.2. The summed E-state index contributed by atoms with van der Waals surface area (Å²) in [6.07, 6.45) is 0.912. The number of aromatic nitrogens is 1. The van der Waals surface area contributed by atoms with Crippen LogP contribution in [0.4, 0.5) is 0 Å². The Labute approximate surface area is 129 Å². The fraction of sp³-hybridized carbons (Fsp3) is 0.692. The van der Waals surface area contributed by atoms with E-state index < -0.39 is 22.0 Å². The Hall–Kier alpha value is -1.45. The molecule has 1 aliphatic rings. The first-order valence-electron chi connectivity index (χ1n) is 7.04. The largest absolute Gasteiger partial charge is 0.376 e. The SMILES string of the molecule is Cc1noc(C)c1S(=O)(=O)NC(=O)[C@H](C)OC[C@H]1CCCO1. The summed E-state index contributed by atoms with van der Waals surface area (Å²) in [5, 5.41) is 3.57. The Bertz CT molecular complexity index is 613. The highest BCUT2D eigenvalue weighted by Crippen LogP contribution is 2.19. The number of rotatable bonds is 6. The van der Waals surface area contributed by atoms with E-state index in [-0.39, 0.29) is 29.1 Å². The van der Waals surface area contributed by atoms with E-state index in [0.29, 0.717) is 6.61 Å². The van der Waals surface area contributed by atoms with Crippen molar-refractivity contribution in [2.24, 2.45) is 0 Å². The van der Waals surface area contributed by atoms with E-state index in [9.17, 15) is 13.2 Å². The van der Waals surface area contributed by atoms with Gasteiger partial charge < -0.3 is 14.0 Å². The van der Waals surface area contributed by atoms with Gasteiger partial charge in [-0.15, -0.1) is 0 Å². The summed E-state index contributed by atoms with van der Waals surface area (Å²) < 4.78 is 41.9. The molecule has 1 aromatic rings. The Morgan fingerprint density at radius 2 is 2.23 bits per heavy atom. The lowest BCUT2D eigenvalue weighted by Crippen LogP contribution is -2.39. The Kier molecular flexibility index (Phi) is 5.20. The van der Waals surface area contributed by atoms with Gasteiger partial charge in [-0.2, -0.15) is 0 Å². The van der Waals surface area contributed by atoms with E-state index in [1.54, 1.807) is 0 Å². The molecule has 0 spiro atoms. The standard InChI is InChI=1S/C13H20N2O6S/c1-8-12(9(2)21-14-8)22(17,18)15-13(16)10(3)20-7-11-5-4-6-19-11/h10-11H,4-7H2,1-3H3,(H,15,16)/t10-,11+/m0/s1. The number of nitrogens with zero attached hydrogens (tertiary/aromatic N) is 1. The lowest BCUT2D eigenvalue weighted by molar-refractivity contribution is -0.131. The Balaban J connectivity index is 1.95. The molecule has 0 aliphatic carbocycles. The smallest absolute Gasteiger partial charge is 0.269 e. The van der Waals surface area contributed by atoms with Crippen molar-refractivity contribution in [1.82, 2.24) is 9.88 Å². The van der Waals surface area contributed by atoms with Crippen LogP contribution in [0.15, 0.2) is 9.42 Å². The number of sulfonamides is 1. The van der Waals surface area contributed by atoms with Gasteiger partial charge in [-0.25, -0.2) is 13.1 Å². The number of hydrogen-bond donors (Lipinski definition) is 1. The predicted octanol–water partition coefficient (Wildman–Crippen LogP) is 0.680. The zero-order valence-corrected chi connectivity index (χ0v) is 13.6. The van der Waals surface area contributed by atoms with Gasteiger partial charge in [0.2, 0.25) is 0 Å². The van der Waals surface area contributed by atoms with Crippen LogP contribution in [0.3, 0.4) is 0 Å². The minimum atomic E-state index is -4.03. The van der Waals surface area contributed by atoms with Crippen LogP contribution in [0.1, 0.15) is 31.2 Å². The van der Waals surface area contributed by atoms with Crippen molar-refractivity contribution in [3.63, 3.8) is 0 Å². The molecule has 22 heavy (non-hydrogen) atoms. The molecule has 1 N–H and O–H groups in total. The molecule has 1 saturated heterocycles. The maximum absolute atomic E-state index is 12.2. The van der Waals surface area contributed by atoms with Gasteiger partial charge >= 0.3 is 0 Å². The molecule has 2 heterocycles. The molecule has 8 nitrogen and oxygen atoms in total. The maximum Gasteiger partial charge on any atom is 0.269 e.